The van der Waals surface area contributed by atoms with Gasteiger partial charge in [-0.1, -0.05) is 0 Å². The second-order valence-electron chi connectivity index (χ2n) is 4.35. The summed E-state index contributed by atoms with van der Waals surface area (Å²) in [6.45, 7) is 4.37. The molecule has 0 spiro atoms. The molecule has 1 N–H and O–H groups in total. The Bertz CT molecular complexity index is 351. The second kappa shape index (κ2) is 3.34. The quantitative estimate of drug-likeness (QED) is 0.748. The molecule has 0 saturated carbocycles. The molecule has 0 radical (unpaired) electrons. The van der Waals surface area contributed by atoms with Gasteiger partial charge in [-0.15, -0.1) is 0 Å². The average molecular weight is 209 g/mol. The standard InChI is InChI=1S/C10H15N3O2/c1-8(13-5-3-4-11-13)9(14)12-6-10(2,15)7-12/h3-5,8,15H,6-7H2,1-2H3. The first-order chi connectivity index (χ1) is 6.99. The van der Waals surface area contributed by atoms with Crippen molar-refractivity contribution in [3.05, 3.63) is 18.5 Å². The summed E-state index contributed by atoms with van der Waals surface area (Å²) in [6.07, 6.45) is 3.41. The number of carbonyl (C=O) groups is 1. The summed E-state index contributed by atoms with van der Waals surface area (Å²) in [5.41, 5.74) is -0.709. The highest BCUT2D eigenvalue weighted by molar-refractivity contribution is 5.81. The lowest BCUT2D eigenvalue weighted by atomic mass is 9.96. The van der Waals surface area contributed by atoms with Crippen LogP contribution in [-0.2, 0) is 4.79 Å². The first kappa shape index (κ1) is 10.2. The number of nitrogens with zero attached hydrogens (tertiary/aromatic N) is 3. The van der Waals surface area contributed by atoms with Gasteiger partial charge < -0.3 is 10.0 Å². The maximum Gasteiger partial charge on any atom is 0.247 e. The van der Waals surface area contributed by atoms with Gasteiger partial charge in [-0.05, 0) is 19.9 Å². The van der Waals surface area contributed by atoms with E-state index in [9.17, 15) is 9.90 Å². The van der Waals surface area contributed by atoms with Crippen LogP contribution in [0.1, 0.15) is 19.9 Å². The average Bonchev–Trinajstić information content (AvgIpc) is 2.64. The van der Waals surface area contributed by atoms with Gasteiger partial charge in [-0.3, -0.25) is 9.48 Å². The Labute approximate surface area is 88.3 Å². The number of carbonyl (C=O) groups excluding carboxylic acids is 1. The van der Waals surface area contributed by atoms with E-state index in [-0.39, 0.29) is 11.9 Å². The Hall–Kier alpha value is -1.36. The summed E-state index contributed by atoms with van der Waals surface area (Å²) in [7, 11) is 0. The highest BCUT2D eigenvalue weighted by Crippen LogP contribution is 2.22. The van der Waals surface area contributed by atoms with E-state index < -0.39 is 5.60 Å². The van der Waals surface area contributed by atoms with Gasteiger partial charge >= 0.3 is 0 Å². The van der Waals surface area contributed by atoms with Gasteiger partial charge in [0.05, 0.1) is 18.7 Å². The molecule has 1 saturated heterocycles. The van der Waals surface area contributed by atoms with Crippen molar-refractivity contribution >= 4 is 5.91 Å². The Morgan fingerprint density at radius 3 is 2.73 bits per heavy atom. The van der Waals surface area contributed by atoms with Gasteiger partial charge in [-0.25, -0.2) is 0 Å². The zero-order valence-corrected chi connectivity index (χ0v) is 8.92. The Balaban J connectivity index is 1.98. The third-order valence-electron chi connectivity index (χ3n) is 2.65. The van der Waals surface area contributed by atoms with Gasteiger partial charge in [0, 0.05) is 12.4 Å². The summed E-state index contributed by atoms with van der Waals surface area (Å²) in [4.78, 5) is 13.5. The van der Waals surface area contributed by atoms with E-state index in [1.165, 1.54) is 0 Å². The van der Waals surface area contributed by atoms with E-state index in [0.29, 0.717) is 13.1 Å². The van der Waals surface area contributed by atoms with E-state index >= 15 is 0 Å². The van der Waals surface area contributed by atoms with Crippen molar-refractivity contribution < 1.29 is 9.90 Å². The molecule has 1 aromatic heterocycles. The molecular weight excluding hydrogens is 194 g/mol. The van der Waals surface area contributed by atoms with E-state index in [1.54, 1.807) is 35.0 Å². The lowest BCUT2D eigenvalue weighted by Gasteiger charge is -2.45. The molecule has 1 atom stereocenters. The minimum atomic E-state index is -0.709. The Morgan fingerprint density at radius 2 is 2.27 bits per heavy atom. The number of rotatable bonds is 2. The van der Waals surface area contributed by atoms with Gasteiger partial charge in [0.2, 0.25) is 5.91 Å². The molecule has 82 valence electrons. The molecule has 15 heavy (non-hydrogen) atoms. The zero-order valence-electron chi connectivity index (χ0n) is 8.92. The van der Waals surface area contributed by atoms with Gasteiger partial charge in [0.25, 0.3) is 0 Å². The molecule has 0 aromatic carbocycles. The minimum absolute atomic E-state index is 0.00484. The highest BCUT2D eigenvalue weighted by Gasteiger charge is 2.40. The summed E-state index contributed by atoms with van der Waals surface area (Å²) in [5.74, 6) is 0.00484. The Kier molecular flexibility index (Phi) is 2.26. The summed E-state index contributed by atoms with van der Waals surface area (Å²) < 4.78 is 1.62. The maximum atomic E-state index is 11.9. The third-order valence-corrected chi connectivity index (χ3v) is 2.65. The fourth-order valence-electron chi connectivity index (χ4n) is 1.82. The van der Waals surface area contributed by atoms with Crippen molar-refractivity contribution in [1.82, 2.24) is 14.7 Å². The smallest absolute Gasteiger partial charge is 0.247 e. The summed E-state index contributed by atoms with van der Waals surface area (Å²) >= 11 is 0. The third kappa shape index (κ3) is 1.87. The fourth-order valence-corrected chi connectivity index (χ4v) is 1.82. The molecule has 5 nitrogen and oxygen atoms in total. The molecule has 0 bridgehead atoms. The van der Waals surface area contributed by atoms with Gasteiger partial charge in [-0.2, -0.15) is 5.10 Å². The molecule has 1 aromatic rings. The largest absolute Gasteiger partial charge is 0.386 e. The second-order valence-corrected chi connectivity index (χ2v) is 4.35. The summed E-state index contributed by atoms with van der Waals surface area (Å²) in [6, 6.07) is 1.49. The van der Waals surface area contributed by atoms with Crippen LogP contribution < -0.4 is 0 Å². The van der Waals surface area contributed by atoms with Crippen molar-refractivity contribution in [2.24, 2.45) is 0 Å². The van der Waals surface area contributed by atoms with Crippen LogP contribution in [0.2, 0.25) is 0 Å². The molecule has 5 heteroatoms. The van der Waals surface area contributed by atoms with E-state index in [0.717, 1.165) is 0 Å². The molecule has 1 fully saturated rings. The van der Waals surface area contributed by atoms with Gasteiger partial charge in [0.15, 0.2) is 0 Å². The van der Waals surface area contributed by atoms with Crippen LogP contribution in [-0.4, -0.2) is 44.4 Å². The van der Waals surface area contributed by atoms with Crippen LogP contribution in [0, 0.1) is 0 Å². The van der Waals surface area contributed by atoms with E-state index in [2.05, 4.69) is 5.10 Å². The number of hydrogen-bond donors (Lipinski definition) is 1. The highest BCUT2D eigenvalue weighted by atomic mass is 16.3. The SMILES string of the molecule is CC(C(=O)N1CC(C)(O)C1)n1cccn1. The van der Waals surface area contributed by atoms with Crippen molar-refractivity contribution in [2.45, 2.75) is 25.5 Å². The van der Waals surface area contributed by atoms with Crippen LogP contribution in [0.4, 0.5) is 0 Å². The van der Waals surface area contributed by atoms with Crippen LogP contribution >= 0.6 is 0 Å². The molecular formula is C10H15N3O2. The molecule has 2 rings (SSSR count). The first-order valence-electron chi connectivity index (χ1n) is 5.00. The number of likely N-dealkylation sites (tertiary alicyclic amines) is 1. The normalized spacial score (nSPS) is 20.9. The number of aliphatic hydroxyl groups is 1. The molecule has 1 amide bonds. The summed E-state index contributed by atoms with van der Waals surface area (Å²) in [5, 5.41) is 13.5. The fraction of sp³-hybridized carbons (Fsp3) is 0.600. The molecule has 0 aliphatic carbocycles. The zero-order chi connectivity index (χ0) is 11.1. The van der Waals surface area contributed by atoms with Crippen LogP contribution in [0.15, 0.2) is 18.5 Å². The Morgan fingerprint density at radius 1 is 1.60 bits per heavy atom. The van der Waals surface area contributed by atoms with Crippen molar-refractivity contribution in [1.29, 1.82) is 0 Å². The molecule has 1 aliphatic rings. The van der Waals surface area contributed by atoms with Crippen LogP contribution in [0.5, 0.6) is 0 Å². The topological polar surface area (TPSA) is 58.4 Å². The van der Waals surface area contributed by atoms with Crippen molar-refractivity contribution in [3.63, 3.8) is 0 Å². The minimum Gasteiger partial charge on any atom is -0.386 e. The monoisotopic (exact) mass is 209 g/mol. The molecule has 2 heterocycles. The first-order valence-corrected chi connectivity index (χ1v) is 5.00. The van der Waals surface area contributed by atoms with E-state index in [4.69, 9.17) is 0 Å². The number of β-amino-alcohol motifs (C(OH)–C–C–N with tert-alkyl or cyclic N) is 1. The number of hydrogen-bond acceptors (Lipinski definition) is 3. The molecule has 1 aliphatic heterocycles. The predicted molar refractivity (Wildman–Crippen MR) is 54.1 cm³/mol. The van der Waals surface area contributed by atoms with Crippen molar-refractivity contribution in [3.8, 4) is 0 Å². The maximum absolute atomic E-state index is 11.9. The predicted octanol–water partition coefficient (Wildman–Crippen LogP) is 0.0373. The number of amides is 1. The van der Waals surface area contributed by atoms with Gasteiger partial charge in [0.1, 0.15) is 6.04 Å². The van der Waals surface area contributed by atoms with E-state index in [1.807, 2.05) is 6.92 Å². The van der Waals surface area contributed by atoms with Crippen LogP contribution in [0.3, 0.4) is 0 Å². The number of aromatic nitrogens is 2. The lowest BCUT2D eigenvalue weighted by Crippen LogP contribution is -2.62. The van der Waals surface area contributed by atoms with Crippen LogP contribution in [0.25, 0.3) is 0 Å². The van der Waals surface area contributed by atoms with Crippen molar-refractivity contribution in [2.75, 3.05) is 13.1 Å². The lowest BCUT2D eigenvalue weighted by molar-refractivity contribution is -0.155. The molecule has 1 unspecified atom stereocenters.